The molecule has 0 bridgehead atoms. The van der Waals surface area contributed by atoms with Gasteiger partial charge in [-0.15, -0.1) is 5.10 Å². The van der Waals surface area contributed by atoms with Crippen molar-refractivity contribution < 1.29 is 14.3 Å². The maximum atomic E-state index is 13.4. The first-order chi connectivity index (χ1) is 15.2. The van der Waals surface area contributed by atoms with Crippen LogP contribution in [0, 0.1) is 17.7 Å². The van der Waals surface area contributed by atoms with Gasteiger partial charge in [-0.25, -0.2) is 14.4 Å². The highest BCUT2D eigenvalue weighted by Gasteiger charge is 2.52. The van der Waals surface area contributed by atoms with E-state index in [1.165, 1.54) is 18.2 Å². The third-order valence-electron chi connectivity index (χ3n) is 6.68. The molecule has 3 aromatic rings. The van der Waals surface area contributed by atoms with Gasteiger partial charge in [-0.2, -0.15) is 0 Å². The topological polar surface area (TPSA) is 109 Å². The van der Waals surface area contributed by atoms with Gasteiger partial charge in [0.1, 0.15) is 17.1 Å². The van der Waals surface area contributed by atoms with E-state index < -0.39 is 11.4 Å². The number of aromatic amines is 1. The van der Waals surface area contributed by atoms with Crippen LogP contribution in [0.1, 0.15) is 53.6 Å². The van der Waals surface area contributed by atoms with Crippen LogP contribution < -0.4 is 5.32 Å². The van der Waals surface area contributed by atoms with E-state index in [1.807, 2.05) is 0 Å². The van der Waals surface area contributed by atoms with Crippen LogP contribution in [-0.4, -0.2) is 35.7 Å². The summed E-state index contributed by atoms with van der Waals surface area (Å²) in [7, 11) is 1.78. The van der Waals surface area contributed by atoms with E-state index >= 15 is 0 Å². The lowest BCUT2D eigenvalue weighted by atomic mass is 9.92. The molecular formula is C21H21BrClFN6O2. The second-order valence-electron chi connectivity index (χ2n) is 8.75. The van der Waals surface area contributed by atoms with Gasteiger partial charge in [-0.3, -0.25) is 9.89 Å². The van der Waals surface area contributed by atoms with Crippen molar-refractivity contribution in [1.29, 1.82) is 0 Å². The Hall–Kier alpha value is -2.30. The second kappa shape index (κ2) is 7.93. The summed E-state index contributed by atoms with van der Waals surface area (Å²) in [5.74, 6) is 0.370. The monoisotopic (exact) mass is 522 g/mol. The number of benzene rings is 1. The van der Waals surface area contributed by atoms with Gasteiger partial charge in [0.05, 0.1) is 17.0 Å². The van der Waals surface area contributed by atoms with Gasteiger partial charge in [0, 0.05) is 18.7 Å². The molecule has 11 heteroatoms. The molecule has 0 spiro atoms. The lowest BCUT2D eigenvalue weighted by Crippen LogP contribution is -2.25. The highest BCUT2D eigenvalue weighted by molar-refractivity contribution is 9.10. The summed E-state index contributed by atoms with van der Waals surface area (Å²) in [6.07, 6.45) is 4.50. The van der Waals surface area contributed by atoms with Crippen LogP contribution >= 0.6 is 27.5 Å². The number of H-pyrrole nitrogens is 1. The molecule has 2 aliphatic rings. The summed E-state index contributed by atoms with van der Waals surface area (Å²) in [6, 6.07) is 4.07. The van der Waals surface area contributed by atoms with Crippen molar-refractivity contribution in [2.24, 2.45) is 18.9 Å². The molecule has 168 valence electrons. The number of carbonyl (C=O) groups is 1. The van der Waals surface area contributed by atoms with Crippen LogP contribution in [0.25, 0.3) is 0 Å². The summed E-state index contributed by atoms with van der Waals surface area (Å²) in [5, 5.41) is 20.6. The molecule has 0 radical (unpaired) electrons. The van der Waals surface area contributed by atoms with Gasteiger partial charge >= 0.3 is 0 Å². The predicted octanol–water partition coefficient (Wildman–Crippen LogP) is 4.14. The van der Waals surface area contributed by atoms with Crippen molar-refractivity contribution in [2.75, 3.05) is 5.32 Å². The number of aromatic nitrogens is 5. The molecule has 2 aliphatic carbocycles. The quantitative estimate of drug-likeness (QED) is 0.476. The summed E-state index contributed by atoms with van der Waals surface area (Å²) in [5.41, 5.74) is 0.634. The van der Waals surface area contributed by atoms with Crippen LogP contribution in [0.2, 0.25) is 5.02 Å². The predicted molar refractivity (Wildman–Crippen MR) is 119 cm³/mol. The van der Waals surface area contributed by atoms with E-state index in [4.69, 9.17) is 11.6 Å². The van der Waals surface area contributed by atoms with Crippen LogP contribution in [0.15, 0.2) is 29.3 Å². The van der Waals surface area contributed by atoms with Gasteiger partial charge in [-0.1, -0.05) is 11.6 Å². The van der Waals surface area contributed by atoms with Crippen LogP contribution in [0.5, 0.6) is 0 Å². The summed E-state index contributed by atoms with van der Waals surface area (Å²) in [6.45, 7) is 0. The second-order valence-corrected chi connectivity index (χ2v) is 9.87. The molecule has 1 amide bonds. The third-order valence-corrected chi connectivity index (χ3v) is 7.33. The highest BCUT2D eigenvalue weighted by Crippen LogP contribution is 2.56. The number of nitrogens with one attached hydrogen (secondary N) is 2. The molecule has 2 unspecified atom stereocenters. The number of aliphatic hydroxyl groups is 1. The number of imidazole rings is 1. The van der Waals surface area contributed by atoms with Crippen LogP contribution in [0.4, 0.5) is 10.1 Å². The number of halogens is 3. The van der Waals surface area contributed by atoms with Crippen molar-refractivity contribution in [2.45, 2.75) is 37.2 Å². The Morgan fingerprint density at radius 1 is 1.38 bits per heavy atom. The number of hydrogen-bond donors (Lipinski definition) is 3. The van der Waals surface area contributed by atoms with E-state index in [-0.39, 0.29) is 16.8 Å². The number of fused-ring (bicyclic) bond motifs is 1. The van der Waals surface area contributed by atoms with Crippen molar-refractivity contribution in [3.05, 3.63) is 57.3 Å². The van der Waals surface area contributed by atoms with E-state index in [1.54, 1.807) is 17.9 Å². The normalized spacial score (nSPS) is 27.0. The molecule has 2 atom stereocenters. The zero-order chi connectivity index (χ0) is 22.6. The van der Waals surface area contributed by atoms with E-state index in [2.05, 4.69) is 41.4 Å². The largest absolute Gasteiger partial charge is 0.382 e. The van der Waals surface area contributed by atoms with E-state index in [0.29, 0.717) is 46.6 Å². The standard InChI is InChI=1S/C21H21BrClFN6O2/c1-30-9-25-16(17(30)18(31)26-13-2-3-15(24)14(23)6-13)10-4-11-7-21(32,8-12(11)5-10)19-27-20(22)29-28-19/h2-3,6,9-12,32H,4-5,7-8H2,1H3,(H,26,31)(H,27,28,29). The number of anilines is 1. The van der Waals surface area contributed by atoms with E-state index in [0.717, 1.165) is 18.5 Å². The van der Waals surface area contributed by atoms with Crippen molar-refractivity contribution in [1.82, 2.24) is 24.7 Å². The van der Waals surface area contributed by atoms with Crippen molar-refractivity contribution in [3.8, 4) is 0 Å². The van der Waals surface area contributed by atoms with E-state index in [9.17, 15) is 14.3 Å². The Morgan fingerprint density at radius 2 is 2.09 bits per heavy atom. The van der Waals surface area contributed by atoms with Gasteiger partial charge in [-0.05, 0) is 71.6 Å². The third kappa shape index (κ3) is 3.74. The Labute approximate surface area is 196 Å². The smallest absolute Gasteiger partial charge is 0.274 e. The minimum atomic E-state index is -1.01. The number of carbonyl (C=O) groups excluding carboxylic acids is 1. The number of rotatable bonds is 4. The zero-order valence-electron chi connectivity index (χ0n) is 17.1. The van der Waals surface area contributed by atoms with Gasteiger partial charge in [0.15, 0.2) is 5.82 Å². The Kier molecular flexibility index (Phi) is 5.34. The maximum absolute atomic E-state index is 13.4. The molecule has 1 aromatic carbocycles. The first-order valence-electron chi connectivity index (χ1n) is 10.3. The fraction of sp³-hybridized carbons (Fsp3) is 0.429. The SMILES string of the molecule is Cn1cnc(C2CC3CC(O)(c4nc(Br)n[nH]4)CC3C2)c1C(=O)Nc1ccc(F)c(Cl)c1. The molecule has 8 nitrogen and oxygen atoms in total. The van der Waals surface area contributed by atoms with Crippen molar-refractivity contribution >= 4 is 39.1 Å². The average Bonchev–Trinajstić information content (AvgIpc) is 3.48. The minimum absolute atomic E-state index is 0.0529. The molecule has 2 fully saturated rings. The first-order valence-corrected chi connectivity index (χ1v) is 11.5. The molecule has 0 aliphatic heterocycles. The molecule has 2 heterocycles. The Morgan fingerprint density at radius 3 is 2.72 bits per heavy atom. The van der Waals surface area contributed by atoms with Gasteiger partial charge < -0.3 is 15.0 Å². The number of nitrogens with zero attached hydrogens (tertiary/aromatic N) is 4. The molecule has 32 heavy (non-hydrogen) atoms. The lowest BCUT2D eigenvalue weighted by molar-refractivity contribution is 0.0257. The molecule has 2 saturated carbocycles. The summed E-state index contributed by atoms with van der Waals surface area (Å²) < 4.78 is 15.6. The fourth-order valence-electron chi connectivity index (χ4n) is 5.32. The summed E-state index contributed by atoms with van der Waals surface area (Å²) in [4.78, 5) is 21.8. The fourth-order valence-corrected chi connectivity index (χ4v) is 5.76. The average molecular weight is 524 g/mol. The van der Waals surface area contributed by atoms with Crippen molar-refractivity contribution in [3.63, 3.8) is 0 Å². The number of aryl methyl sites for hydroxylation is 1. The number of hydrogen-bond acceptors (Lipinski definition) is 5. The molecule has 0 saturated heterocycles. The van der Waals surface area contributed by atoms with Crippen LogP contribution in [-0.2, 0) is 12.6 Å². The zero-order valence-corrected chi connectivity index (χ0v) is 19.5. The molecular weight excluding hydrogens is 503 g/mol. The molecule has 5 rings (SSSR count). The Balaban J connectivity index is 1.32. The number of amides is 1. The lowest BCUT2D eigenvalue weighted by Gasteiger charge is -2.22. The van der Waals surface area contributed by atoms with Crippen LogP contribution in [0.3, 0.4) is 0 Å². The van der Waals surface area contributed by atoms with Gasteiger partial charge in [0.25, 0.3) is 5.91 Å². The molecule has 3 N–H and O–H groups in total. The first kappa shape index (κ1) is 21.5. The minimum Gasteiger partial charge on any atom is -0.382 e. The Bertz CT molecular complexity index is 1180. The highest BCUT2D eigenvalue weighted by atomic mass is 79.9. The molecule has 2 aromatic heterocycles. The maximum Gasteiger partial charge on any atom is 0.274 e. The summed E-state index contributed by atoms with van der Waals surface area (Å²) >= 11 is 9.05. The van der Waals surface area contributed by atoms with Gasteiger partial charge in [0.2, 0.25) is 4.73 Å².